The number of hydrogen-bond donors (Lipinski definition) is 1. The van der Waals surface area contributed by atoms with Crippen molar-refractivity contribution in [2.24, 2.45) is 0 Å². The van der Waals surface area contributed by atoms with Gasteiger partial charge in [0.25, 0.3) is 0 Å². The molecule has 2 heterocycles. The summed E-state index contributed by atoms with van der Waals surface area (Å²) >= 11 is 5.10. The molecule has 2 aromatic heterocycles. The lowest BCUT2D eigenvalue weighted by Crippen LogP contribution is -2.08. The summed E-state index contributed by atoms with van der Waals surface area (Å²) in [7, 11) is 0. The quantitative estimate of drug-likeness (QED) is 0.748. The molecule has 1 N–H and O–H groups in total. The van der Waals surface area contributed by atoms with Gasteiger partial charge in [-0.15, -0.1) is 0 Å². The van der Waals surface area contributed by atoms with Crippen molar-refractivity contribution in [2.75, 3.05) is 11.9 Å². The predicted molar refractivity (Wildman–Crippen MR) is 91.0 cm³/mol. The molecule has 21 heavy (non-hydrogen) atoms. The molecule has 0 bridgehead atoms. The second-order valence-electron chi connectivity index (χ2n) is 4.92. The highest BCUT2D eigenvalue weighted by molar-refractivity contribution is 9.10. The van der Waals surface area contributed by atoms with Crippen LogP contribution in [0.2, 0.25) is 0 Å². The van der Waals surface area contributed by atoms with Crippen LogP contribution in [-0.2, 0) is 0 Å². The molecule has 0 aliphatic rings. The molecule has 0 spiro atoms. The fraction of sp³-hybridized carbons (Fsp3) is 0.400. The number of halogens is 1. The highest BCUT2D eigenvalue weighted by Gasteiger charge is 2.17. The van der Waals surface area contributed by atoms with E-state index in [9.17, 15) is 0 Å². The van der Waals surface area contributed by atoms with E-state index in [2.05, 4.69) is 57.0 Å². The number of pyridine rings is 1. The zero-order valence-corrected chi connectivity index (χ0v) is 14.8. The number of anilines is 1. The van der Waals surface area contributed by atoms with E-state index < -0.39 is 0 Å². The van der Waals surface area contributed by atoms with E-state index >= 15 is 0 Å². The van der Waals surface area contributed by atoms with E-state index in [1.165, 1.54) is 0 Å². The number of nitrogens with zero attached hydrogens (tertiary/aromatic N) is 3. The Labute approximate surface area is 138 Å². The van der Waals surface area contributed by atoms with Gasteiger partial charge < -0.3 is 5.32 Å². The largest absolute Gasteiger partial charge is 0.370 e. The lowest BCUT2D eigenvalue weighted by molar-refractivity contribution is 0.799. The van der Waals surface area contributed by atoms with Crippen molar-refractivity contribution in [2.45, 2.75) is 43.2 Å². The first-order valence-electron chi connectivity index (χ1n) is 7.00. The molecule has 112 valence electrons. The lowest BCUT2D eigenvalue weighted by atomic mass is 10.1. The first-order valence-corrected chi connectivity index (χ1v) is 8.61. The maximum atomic E-state index is 4.46. The Balaban J connectivity index is 2.36. The van der Waals surface area contributed by atoms with Gasteiger partial charge in [-0.3, -0.25) is 0 Å². The van der Waals surface area contributed by atoms with Crippen molar-refractivity contribution in [3.05, 3.63) is 34.7 Å². The Morgan fingerprint density at radius 3 is 2.71 bits per heavy atom. The molecule has 2 rings (SSSR count). The SMILES string of the molecule is CCCNc1ncnc(Sc2ncccc2Br)c1C(C)C. The van der Waals surface area contributed by atoms with E-state index in [0.717, 1.165) is 38.9 Å². The van der Waals surface area contributed by atoms with E-state index in [-0.39, 0.29) is 0 Å². The maximum absolute atomic E-state index is 4.46. The second-order valence-corrected chi connectivity index (χ2v) is 6.75. The summed E-state index contributed by atoms with van der Waals surface area (Å²) in [5.41, 5.74) is 1.15. The molecule has 0 aromatic carbocycles. The molecule has 0 aliphatic carbocycles. The molecule has 2 aromatic rings. The Bertz CT molecular complexity index is 604. The third kappa shape index (κ3) is 4.17. The second kappa shape index (κ2) is 7.75. The molecular weight excluding hydrogens is 348 g/mol. The Morgan fingerprint density at radius 1 is 1.24 bits per heavy atom. The van der Waals surface area contributed by atoms with Gasteiger partial charge in [-0.05, 0) is 52.2 Å². The van der Waals surface area contributed by atoms with E-state index in [4.69, 9.17) is 0 Å². The van der Waals surface area contributed by atoms with Crippen molar-refractivity contribution in [3.63, 3.8) is 0 Å². The topological polar surface area (TPSA) is 50.7 Å². The van der Waals surface area contributed by atoms with Gasteiger partial charge in [-0.25, -0.2) is 15.0 Å². The first-order chi connectivity index (χ1) is 10.1. The van der Waals surface area contributed by atoms with Gasteiger partial charge in [0.1, 0.15) is 22.2 Å². The molecule has 0 saturated carbocycles. The Kier molecular flexibility index (Phi) is 5.99. The Morgan fingerprint density at radius 2 is 2.05 bits per heavy atom. The van der Waals surface area contributed by atoms with Crippen LogP contribution >= 0.6 is 27.7 Å². The first kappa shape index (κ1) is 16.2. The molecule has 4 nitrogen and oxygen atoms in total. The summed E-state index contributed by atoms with van der Waals surface area (Å²) < 4.78 is 0.978. The molecule has 0 unspecified atom stereocenters. The van der Waals surface area contributed by atoms with Gasteiger partial charge in [0, 0.05) is 18.3 Å². The molecule has 0 amide bonds. The summed E-state index contributed by atoms with van der Waals surface area (Å²) in [4.78, 5) is 13.3. The van der Waals surface area contributed by atoms with Gasteiger partial charge in [0.05, 0.1) is 4.47 Å². The van der Waals surface area contributed by atoms with Crippen molar-refractivity contribution in [1.29, 1.82) is 0 Å². The average Bonchev–Trinajstić information content (AvgIpc) is 2.47. The van der Waals surface area contributed by atoms with Gasteiger partial charge in [0.2, 0.25) is 0 Å². The third-order valence-corrected chi connectivity index (χ3v) is 4.82. The Hall–Kier alpha value is -1.14. The zero-order valence-electron chi connectivity index (χ0n) is 12.4. The molecule has 0 radical (unpaired) electrons. The zero-order chi connectivity index (χ0) is 15.2. The van der Waals surface area contributed by atoms with Gasteiger partial charge in [-0.2, -0.15) is 0 Å². The van der Waals surface area contributed by atoms with Crippen molar-refractivity contribution < 1.29 is 0 Å². The molecule has 0 fully saturated rings. The molecular formula is C15H19BrN4S. The van der Waals surface area contributed by atoms with E-state index in [0.29, 0.717) is 5.92 Å². The fourth-order valence-corrected chi connectivity index (χ4v) is 3.41. The van der Waals surface area contributed by atoms with Gasteiger partial charge in [0.15, 0.2) is 0 Å². The van der Waals surface area contributed by atoms with Crippen LogP contribution < -0.4 is 5.32 Å². The average molecular weight is 367 g/mol. The standard InChI is InChI=1S/C15H19BrN4S/c1-4-7-17-13-12(10(2)3)15(20-9-19-13)21-14-11(16)6-5-8-18-14/h5-6,8-10H,4,7H2,1-3H3,(H,17,19,20). The smallest absolute Gasteiger partial charge is 0.134 e. The fourth-order valence-electron chi connectivity index (χ4n) is 1.90. The number of hydrogen-bond acceptors (Lipinski definition) is 5. The summed E-state index contributed by atoms with van der Waals surface area (Å²) in [5.74, 6) is 1.27. The van der Waals surface area contributed by atoms with Crippen molar-refractivity contribution in [3.8, 4) is 0 Å². The minimum atomic E-state index is 0.343. The summed E-state index contributed by atoms with van der Waals surface area (Å²) in [6, 6.07) is 3.90. The highest BCUT2D eigenvalue weighted by atomic mass is 79.9. The van der Waals surface area contributed by atoms with E-state index in [1.807, 2.05) is 12.1 Å². The van der Waals surface area contributed by atoms with Gasteiger partial charge >= 0.3 is 0 Å². The van der Waals surface area contributed by atoms with Crippen LogP contribution in [0.3, 0.4) is 0 Å². The molecule has 6 heteroatoms. The van der Waals surface area contributed by atoms with Gasteiger partial charge in [-0.1, -0.05) is 20.8 Å². The summed E-state index contributed by atoms with van der Waals surface area (Å²) in [5, 5.41) is 5.26. The molecule has 0 saturated heterocycles. The number of rotatable bonds is 6. The predicted octanol–water partition coefficient (Wildman–Crippen LogP) is 4.73. The van der Waals surface area contributed by atoms with Crippen LogP contribution in [-0.4, -0.2) is 21.5 Å². The summed E-state index contributed by atoms with van der Waals surface area (Å²) in [6.45, 7) is 7.37. The highest BCUT2D eigenvalue weighted by Crippen LogP contribution is 2.37. The number of aromatic nitrogens is 3. The minimum absolute atomic E-state index is 0.343. The monoisotopic (exact) mass is 366 g/mol. The summed E-state index contributed by atoms with van der Waals surface area (Å²) in [6.07, 6.45) is 4.47. The van der Waals surface area contributed by atoms with Crippen LogP contribution in [0.5, 0.6) is 0 Å². The van der Waals surface area contributed by atoms with Crippen LogP contribution in [0, 0.1) is 0 Å². The van der Waals surface area contributed by atoms with Crippen LogP contribution in [0.25, 0.3) is 0 Å². The third-order valence-electron chi connectivity index (χ3n) is 2.89. The van der Waals surface area contributed by atoms with Crippen LogP contribution in [0.4, 0.5) is 5.82 Å². The molecule has 0 atom stereocenters. The van der Waals surface area contributed by atoms with Crippen LogP contribution in [0.1, 0.15) is 38.7 Å². The minimum Gasteiger partial charge on any atom is -0.370 e. The molecule has 0 aliphatic heterocycles. The maximum Gasteiger partial charge on any atom is 0.134 e. The van der Waals surface area contributed by atoms with Crippen molar-refractivity contribution in [1.82, 2.24) is 15.0 Å². The number of nitrogens with one attached hydrogen (secondary N) is 1. The van der Waals surface area contributed by atoms with E-state index in [1.54, 1.807) is 24.3 Å². The lowest BCUT2D eigenvalue weighted by Gasteiger charge is -2.16. The van der Waals surface area contributed by atoms with Crippen molar-refractivity contribution >= 4 is 33.5 Å². The van der Waals surface area contributed by atoms with Crippen LogP contribution in [0.15, 0.2) is 39.2 Å². The normalized spacial score (nSPS) is 10.9.